The van der Waals surface area contributed by atoms with Gasteiger partial charge in [0.15, 0.2) is 0 Å². The maximum absolute atomic E-state index is 11.1. The number of nitrogens with one attached hydrogen (secondary N) is 2. The Morgan fingerprint density at radius 3 is 2.80 bits per heavy atom. The quantitative estimate of drug-likeness (QED) is 0.723. The molecule has 4 heteroatoms. The molecule has 0 radical (unpaired) electrons. The van der Waals surface area contributed by atoms with Gasteiger partial charge in [0.1, 0.15) is 0 Å². The molecule has 1 aliphatic heterocycles. The molecule has 0 saturated carbocycles. The van der Waals surface area contributed by atoms with E-state index in [2.05, 4.69) is 15.2 Å². The molecule has 1 saturated heterocycles. The minimum atomic E-state index is -0.00666. The zero-order valence-electron chi connectivity index (χ0n) is 8.83. The minimum absolute atomic E-state index is 0.00666. The van der Waals surface area contributed by atoms with Crippen molar-refractivity contribution in [2.24, 2.45) is 0 Å². The van der Waals surface area contributed by atoms with Crippen LogP contribution in [0.3, 0.4) is 0 Å². The summed E-state index contributed by atoms with van der Waals surface area (Å²) < 4.78 is 0. The van der Waals surface area contributed by atoms with Crippen LogP contribution in [-0.4, -0.2) is 42.6 Å². The molecule has 0 bridgehead atoms. The first-order valence-corrected chi connectivity index (χ1v) is 5.46. The number of nitrogens with zero attached hydrogens (tertiary/aromatic N) is 1. The smallest absolute Gasteiger partial charge is 0.248 e. The summed E-state index contributed by atoms with van der Waals surface area (Å²) in [6, 6.07) is 5.34. The SMILES string of the molecule is O=c1cccc(CCN2CCNCC2)[nH]1. The van der Waals surface area contributed by atoms with Gasteiger partial charge in [-0.25, -0.2) is 0 Å². The highest BCUT2D eigenvalue weighted by molar-refractivity contribution is 5.04. The Morgan fingerprint density at radius 1 is 1.27 bits per heavy atom. The first-order chi connectivity index (χ1) is 7.34. The lowest BCUT2D eigenvalue weighted by molar-refractivity contribution is 0.243. The summed E-state index contributed by atoms with van der Waals surface area (Å²) in [7, 11) is 0. The Bertz CT molecular complexity index is 355. The number of pyridine rings is 1. The van der Waals surface area contributed by atoms with E-state index in [-0.39, 0.29) is 5.56 Å². The standard InChI is InChI=1S/C11H17N3O/c15-11-3-1-2-10(13-11)4-7-14-8-5-12-6-9-14/h1-3,12H,4-9H2,(H,13,15). The van der Waals surface area contributed by atoms with Crippen LogP contribution in [0.15, 0.2) is 23.0 Å². The normalized spacial score (nSPS) is 17.9. The molecule has 1 aromatic rings. The first kappa shape index (κ1) is 10.4. The van der Waals surface area contributed by atoms with Crippen LogP contribution in [0, 0.1) is 0 Å². The van der Waals surface area contributed by atoms with Gasteiger partial charge in [0.05, 0.1) is 0 Å². The second-order valence-corrected chi connectivity index (χ2v) is 3.88. The fourth-order valence-corrected chi connectivity index (χ4v) is 1.85. The number of rotatable bonds is 3. The molecule has 15 heavy (non-hydrogen) atoms. The van der Waals surface area contributed by atoms with Crippen molar-refractivity contribution < 1.29 is 0 Å². The second kappa shape index (κ2) is 5.09. The molecule has 4 nitrogen and oxygen atoms in total. The topological polar surface area (TPSA) is 48.1 Å². The Morgan fingerprint density at radius 2 is 2.07 bits per heavy atom. The average molecular weight is 207 g/mol. The van der Waals surface area contributed by atoms with Crippen LogP contribution in [0.25, 0.3) is 0 Å². The van der Waals surface area contributed by atoms with Crippen molar-refractivity contribution in [1.82, 2.24) is 15.2 Å². The van der Waals surface area contributed by atoms with E-state index in [1.807, 2.05) is 12.1 Å². The van der Waals surface area contributed by atoms with Gasteiger partial charge in [-0.1, -0.05) is 6.07 Å². The van der Waals surface area contributed by atoms with Gasteiger partial charge in [-0.2, -0.15) is 0 Å². The third-order valence-corrected chi connectivity index (χ3v) is 2.74. The molecule has 0 spiro atoms. The Balaban J connectivity index is 1.84. The Labute approximate surface area is 89.3 Å². The highest BCUT2D eigenvalue weighted by Gasteiger charge is 2.08. The van der Waals surface area contributed by atoms with Crippen molar-refractivity contribution in [1.29, 1.82) is 0 Å². The van der Waals surface area contributed by atoms with Gasteiger partial charge < -0.3 is 15.2 Å². The van der Waals surface area contributed by atoms with Crippen molar-refractivity contribution >= 4 is 0 Å². The van der Waals surface area contributed by atoms with Crippen LogP contribution >= 0.6 is 0 Å². The van der Waals surface area contributed by atoms with Gasteiger partial charge in [-0.3, -0.25) is 4.79 Å². The van der Waals surface area contributed by atoms with E-state index in [9.17, 15) is 4.79 Å². The number of hydrogen-bond donors (Lipinski definition) is 2. The third-order valence-electron chi connectivity index (χ3n) is 2.74. The monoisotopic (exact) mass is 207 g/mol. The van der Waals surface area contributed by atoms with Crippen LogP contribution in [0.4, 0.5) is 0 Å². The van der Waals surface area contributed by atoms with E-state index >= 15 is 0 Å². The van der Waals surface area contributed by atoms with Crippen LogP contribution in [-0.2, 0) is 6.42 Å². The molecule has 1 aliphatic rings. The predicted molar refractivity (Wildman–Crippen MR) is 60.1 cm³/mol. The summed E-state index contributed by atoms with van der Waals surface area (Å²) in [5.41, 5.74) is 1.02. The maximum Gasteiger partial charge on any atom is 0.248 e. The summed E-state index contributed by atoms with van der Waals surface area (Å²) in [5, 5.41) is 3.32. The summed E-state index contributed by atoms with van der Waals surface area (Å²) >= 11 is 0. The van der Waals surface area contributed by atoms with Crippen LogP contribution in [0.5, 0.6) is 0 Å². The molecule has 2 rings (SSSR count). The van der Waals surface area contributed by atoms with E-state index in [0.717, 1.165) is 44.8 Å². The lowest BCUT2D eigenvalue weighted by atomic mass is 10.2. The number of aromatic nitrogens is 1. The molecular weight excluding hydrogens is 190 g/mol. The molecule has 0 aliphatic carbocycles. The van der Waals surface area contributed by atoms with E-state index in [4.69, 9.17) is 0 Å². The molecule has 0 amide bonds. The van der Waals surface area contributed by atoms with E-state index in [1.54, 1.807) is 6.07 Å². The van der Waals surface area contributed by atoms with Gasteiger partial charge in [-0.15, -0.1) is 0 Å². The van der Waals surface area contributed by atoms with E-state index in [0.29, 0.717) is 0 Å². The van der Waals surface area contributed by atoms with Gasteiger partial charge in [0.25, 0.3) is 0 Å². The number of aromatic amines is 1. The molecule has 0 atom stereocenters. The molecular formula is C11H17N3O. The Hall–Kier alpha value is -1.13. The molecule has 1 aromatic heterocycles. The minimum Gasteiger partial charge on any atom is -0.326 e. The first-order valence-electron chi connectivity index (χ1n) is 5.46. The Kier molecular flexibility index (Phi) is 3.53. The number of H-pyrrole nitrogens is 1. The number of hydrogen-bond acceptors (Lipinski definition) is 3. The van der Waals surface area contributed by atoms with Crippen LogP contribution in [0.2, 0.25) is 0 Å². The summed E-state index contributed by atoms with van der Waals surface area (Å²) in [5.74, 6) is 0. The summed E-state index contributed by atoms with van der Waals surface area (Å²) in [6.07, 6.45) is 0.927. The van der Waals surface area contributed by atoms with Crippen molar-refractivity contribution in [3.63, 3.8) is 0 Å². The fraction of sp³-hybridized carbons (Fsp3) is 0.545. The van der Waals surface area contributed by atoms with Gasteiger partial charge in [0.2, 0.25) is 5.56 Å². The van der Waals surface area contributed by atoms with Crippen LogP contribution < -0.4 is 10.9 Å². The molecule has 2 N–H and O–H groups in total. The highest BCUT2D eigenvalue weighted by Crippen LogP contribution is 1.97. The molecule has 1 fully saturated rings. The van der Waals surface area contributed by atoms with Crippen molar-refractivity contribution in [3.8, 4) is 0 Å². The number of piperazine rings is 1. The van der Waals surface area contributed by atoms with Crippen molar-refractivity contribution in [2.75, 3.05) is 32.7 Å². The maximum atomic E-state index is 11.1. The zero-order valence-corrected chi connectivity index (χ0v) is 8.83. The van der Waals surface area contributed by atoms with E-state index < -0.39 is 0 Å². The van der Waals surface area contributed by atoms with Gasteiger partial charge in [-0.05, 0) is 6.07 Å². The average Bonchev–Trinajstić information content (AvgIpc) is 2.28. The largest absolute Gasteiger partial charge is 0.326 e. The molecule has 82 valence electrons. The van der Waals surface area contributed by atoms with Crippen LogP contribution in [0.1, 0.15) is 5.69 Å². The van der Waals surface area contributed by atoms with Gasteiger partial charge in [0, 0.05) is 50.9 Å². The highest BCUT2D eigenvalue weighted by atomic mass is 16.1. The molecule has 0 aromatic carbocycles. The lowest BCUT2D eigenvalue weighted by Gasteiger charge is -2.26. The second-order valence-electron chi connectivity index (χ2n) is 3.88. The zero-order chi connectivity index (χ0) is 10.5. The van der Waals surface area contributed by atoms with E-state index in [1.165, 1.54) is 0 Å². The predicted octanol–water partition coefficient (Wildman–Crippen LogP) is -0.177. The summed E-state index contributed by atoms with van der Waals surface area (Å²) in [4.78, 5) is 16.3. The third kappa shape index (κ3) is 3.18. The van der Waals surface area contributed by atoms with Gasteiger partial charge >= 0.3 is 0 Å². The fourth-order valence-electron chi connectivity index (χ4n) is 1.85. The van der Waals surface area contributed by atoms with Crippen molar-refractivity contribution in [3.05, 3.63) is 34.2 Å². The lowest BCUT2D eigenvalue weighted by Crippen LogP contribution is -2.44. The molecule has 0 unspecified atom stereocenters. The van der Waals surface area contributed by atoms with Crippen molar-refractivity contribution in [2.45, 2.75) is 6.42 Å². The molecule has 2 heterocycles. The summed E-state index contributed by atoms with van der Waals surface area (Å²) in [6.45, 7) is 5.40.